The van der Waals surface area contributed by atoms with Gasteiger partial charge in [-0.1, -0.05) is 18.2 Å². The van der Waals surface area contributed by atoms with Crippen molar-refractivity contribution in [1.29, 1.82) is 0 Å². The van der Waals surface area contributed by atoms with E-state index in [-0.39, 0.29) is 0 Å². The Labute approximate surface area is 58.5 Å². The van der Waals surface area contributed by atoms with Gasteiger partial charge in [-0.2, -0.15) is 0 Å². The summed E-state index contributed by atoms with van der Waals surface area (Å²) in [5.41, 5.74) is 0. The summed E-state index contributed by atoms with van der Waals surface area (Å²) in [6.07, 6.45) is 3.13. The van der Waals surface area contributed by atoms with Gasteiger partial charge >= 0.3 is 0 Å². The van der Waals surface area contributed by atoms with E-state index in [1.807, 2.05) is 20.0 Å². The van der Waals surface area contributed by atoms with E-state index in [4.69, 9.17) is 0 Å². The molecular formula is C7H16OSi. The van der Waals surface area contributed by atoms with E-state index in [0.717, 1.165) is 6.42 Å². The Balaban J connectivity index is 4.03. The van der Waals surface area contributed by atoms with Gasteiger partial charge in [0.2, 0.25) is 8.32 Å². The van der Waals surface area contributed by atoms with Crippen molar-refractivity contribution in [3.63, 3.8) is 0 Å². The predicted molar refractivity (Wildman–Crippen MR) is 43.7 cm³/mol. The Bertz CT molecular complexity index is 111. The largest absolute Gasteiger partial charge is 0.428 e. The molecule has 0 rings (SSSR count). The van der Waals surface area contributed by atoms with Gasteiger partial charge in [0.1, 0.15) is 0 Å². The standard InChI is InChI=1S/C7H16OSi/c1-5-6-7(2)9(3,4)8/h6,8H,5H2,1-4H3/b7-6-. The van der Waals surface area contributed by atoms with E-state index in [0.29, 0.717) is 0 Å². The third kappa shape index (κ3) is 3.49. The van der Waals surface area contributed by atoms with Crippen molar-refractivity contribution in [2.24, 2.45) is 0 Å². The van der Waals surface area contributed by atoms with Crippen molar-refractivity contribution in [1.82, 2.24) is 0 Å². The van der Waals surface area contributed by atoms with Gasteiger partial charge in [-0.05, 0) is 26.4 Å². The molecular weight excluding hydrogens is 128 g/mol. The molecule has 0 saturated heterocycles. The number of hydrogen-bond donors (Lipinski definition) is 1. The average molecular weight is 144 g/mol. The second kappa shape index (κ2) is 3.18. The molecule has 0 unspecified atom stereocenters. The second-order valence-corrected chi connectivity index (χ2v) is 6.76. The van der Waals surface area contributed by atoms with Gasteiger partial charge < -0.3 is 4.80 Å². The van der Waals surface area contributed by atoms with Gasteiger partial charge in [0, 0.05) is 0 Å². The normalized spacial score (nSPS) is 14.1. The summed E-state index contributed by atoms with van der Waals surface area (Å²) in [6, 6.07) is 0. The Hall–Kier alpha value is -0.0831. The van der Waals surface area contributed by atoms with Crippen LogP contribution in [-0.4, -0.2) is 13.1 Å². The highest BCUT2D eigenvalue weighted by Gasteiger charge is 2.17. The summed E-state index contributed by atoms with van der Waals surface area (Å²) >= 11 is 0. The number of allylic oxidation sites excluding steroid dienone is 2. The molecule has 0 fully saturated rings. The molecule has 0 aliphatic carbocycles. The van der Waals surface area contributed by atoms with E-state index < -0.39 is 8.32 Å². The van der Waals surface area contributed by atoms with Crippen LogP contribution in [0.1, 0.15) is 20.3 Å². The SMILES string of the molecule is CC/C=C(/C)[Si](C)(C)O. The Morgan fingerprint density at radius 2 is 2.00 bits per heavy atom. The molecule has 0 aromatic rings. The first-order valence-electron chi connectivity index (χ1n) is 3.38. The lowest BCUT2D eigenvalue weighted by Crippen LogP contribution is -2.26. The van der Waals surface area contributed by atoms with Crippen LogP contribution in [0, 0.1) is 0 Å². The molecule has 0 aromatic heterocycles. The molecule has 54 valence electrons. The molecule has 0 spiro atoms. The molecule has 0 bridgehead atoms. The molecule has 2 heteroatoms. The van der Waals surface area contributed by atoms with Gasteiger partial charge in [-0.15, -0.1) is 0 Å². The van der Waals surface area contributed by atoms with Crippen molar-refractivity contribution < 1.29 is 4.80 Å². The molecule has 1 N–H and O–H groups in total. The van der Waals surface area contributed by atoms with Crippen LogP contribution in [0.2, 0.25) is 13.1 Å². The van der Waals surface area contributed by atoms with Gasteiger partial charge in [-0.25, -0.2) is 0 Å². The van der Waals surface area contributed by atoms with Gasteiger partial charge in [0.05, 0.1) is 0 Å². The maximum Gasteiger partial charge on any atom is 0.209 e. The van der Waals surface area contributed by atoms with Crippen molar-refractivity contribution in [3.8, 4) is 0 Å². The fraction of sp³-hybridized carbons (Fsp3) is 0.714. The Morgan fingerprint density at radius 1 is 1.56 bits per heavy atom. The first-order chi connectivity index (χ1) is 3.98. The molecule has 0 radical (unpaired) electrons. The van der Waals surface area contributed by atoms with Crippen molar-refractivity contribution in [2.45, 2.75) is 33.4 Å². The van der Waals surface area contributed by atoms with Crippen LogP contribution < -0.4 is 0 Å². The van der Waals surface area contributed by atoms with Gasteiger partial charge in [0.25, 0.3) is 0 Å². The van der Waals surface area contributed by atoms with Crippen LogP contribution in [0.3, 0.4) is 0 Å². The zero-order valence-electron chi connectivity index (χ0n) is 6.73. The Morgan fingerprint density at radius 3 is 2.11 bits per heavy atom. The van der Waals surface area contributed by atoms with Crippen molar-refractivity contribution in [3.05, 3.63) is 11.3 Å². The fourth-order valence-electron chi connectivity index (χ4n) is 0.556. The summed E-state index contributed by atoms with van der Waals surface area (Å²) < 4.78 is 0. The zero-order chi connectivity index (χ0) is 7.49. The number of hydrogen-bond acceptors (Lipinski definition) is 1. The minimum atomic E-state index is -1.92. The van der Waals surface area contributed by atoms with E-state index >= 15 is 0 Å². The third-order valence-corrected chi connectivity index (χ3v) is 3.61. The first-order valence-corrected chi connectivity index (χ1v) is 6.32. The van der Waals surface area contributed by atoms with E-state index in [1.54, 1.807) is 0 Å². The van der Waals surface area contributed by atoms with Crippen LogP contribution in [0.4, 0.5) is 0 Å². The molecule has 0 aliphatic rings. The van der Waals surface area contributed by atoms with E-state index in [1.165, 1.54) is 5.20 Å². The summed E-state index contributed by atoms with van der Waals surface area (Å²) in [6.45, 7) is 7.97. The maximum absolute atomic E-state index is 9.49. The first kappa shape index (κ1) is 8.92. The van der Waals surface area contributed by atoms with Crippen LogP contribution in [0.25, 0.3) is 0 Å². The molecule has 0 aromatic carbocycles. The minimum absolute atomic E-state index is 1.03. The lowest BCUT2D eigenvalue weighted by Gasteiger charge is -2.13. The highest BCUT2D eigenvalue weighted by molar-refractivity contribution is 6.77. The quantitative estimate of drug-likeness (QED) is 0.588. The lowest BCUT2D eigenvalue weighted by atomic mass is 10.4. The van der Waals surface area contributed by atoms with Gasteiger partial charge in [-0.3, -0.25) is 0 Å². The summed E-state index contributed by atoms with van der Waals surface area (Å²) in [5.74, 6) is 0. The Kier molecular flexibility index (Phi) is 3.15. The average Bonchev–Trinajstić information content (AvgIpc) is 1.64. The molecule has 9 heavy (non-hydrogen) atoms. The van der Waals surface area contributed by atoms with Crippen LogP contribution in [0.15, 0.2) is 11.3 Å². The van der Waals surface area contributed by atoms with E-state index in [9.17, 15) is 4.80 Å². The highest BCUT2D eigenvalue weighted by Crippen LogP contribution is 2.09. The monoisotopic (exact) mass is 144 g/mol. The molecule has 0 atom stereocenters. The minimum Gasteiger partial charge on any atom is -0.428 e. The number of rotatable bonds is 2. The maximum atomic E-state index is 9.49. The summed E-state index contributed by atoms with van der Waals surface area (Å²) in [5, 5.41) is 1.19. The van der Waals surface area contributed by atoms with Crippen molar-refractivity contribution in [2.75, 3.05) is 0 Å². The molecule has 0 amide bonds. The topological polar surface area (TPSA) is 20.2 Å². The highest BCUT2D eigenvalue weighted by atomic mass is 28.4. The van der Waals surface area contributed by atoms with Crippen molar-refractivity contribution >= 4 is 8.32 Å². The fourth-order valence-corrected chi connectivity index (χ4v) is 1.26. The van der Waals surface area contributed by atoms with Crippen LogP contribution in [-0.2, 0) is 0 Å². The molecule has 0 heterocycles. The molecule has 1 nitrogen and oxygen atoms in total. The zero-order valence-corrected chi connectivity index (χ0v) is 7.73. The van der Waals surface area contributed by atoms with Crippen LogP contribution in [0.5, 0.6) is 0 Å². The lowest BCUT2D eigenvalue weighted by molar-refractivity contribution is 0.561. The molecule has 0 saturated carbocycles. The predicted octanol–water partition coefficient (Wildman–Crippen LogP) is 2.08. The summed E-state index contributed by atoms with van der Waals surface area (Å²) in [4.78, 5) is 9.49. The van der Waals surface area contributed by atoms with E-state index in [2.05, 4.69) is 13.0 Å². The smallest absolute Gasteiger partial charge is 0.209 e. The second-order valence-electron chi connectivity index (χ2n) is 2.85. The third-order valence-electron chi connectivity index (χ3n) is 1.48. The van der Waals surface area contributed by atoms with Crippen LogP contribution >= 0.6 is 0 Å². The van der Waals surface area contributed by atoms with Gasteiger partial charge in [0.15, 0.2) is 0 Å². The molecule has 0 aliphatic heterocycles. The summed E-state index contributed by atoms with van der Waals surface area (Å²) in [7, 11) is -1.92.